The quantitative estimate of drug-likeness (QED) is 0.784. The van der Waals surface area contributed by atoms with E-state index in [2.05, 4.69) is 29.4 Å². The number of aliphatic hydroxyl groups is 1. The molecule has 0 aliphatic heterocycles. The van der Waals surface area contributed by atoms with Gasteiger partial charge in [0.25, 0.3) is 0 Å². The maximum Gasteiger partial charge on any atom is 0.205 e. The first-order valence-corrected chi connectivity index (χ1v) is 6.12. The van der Waals surface area contributed by atoms with Crippen LogP contribution in [-0.4, -0.2) is 28.5 Å². The third kappa shape index (κ3) is 3.14. The number of hydrogen-bond donors (Lipinski definition) is 2. The fraction of sp³-hybridized carbons (Fsp3) is 0.800. The van der Waals surface area contributed by atoms with Gasteiger partial charge >= 0.3 is 0 Å². The van der Waals surface area contributed by atoms with E-state index in [0.29, 0.717) is 0 Å². The maximum absolute atomic E-state index is 9.39. The molecule has 0 aliphatic carbocycles. The van der Waals surface area contributed by atoms with Crippen LogP contribution in [0.15, 0.2) is 0 Å². The van der Waals surface area contributed by atoms with Crippen molar-refractivity contribution in [2.45, 2.75) is 33.6 Å². The monoisotopic (exact) mass is 229 g/mol. The minimum atomic E-state index is -0.0282. The van der Waals surface area contributed by atoms with Crippen LogP contribution in [0.4, 0.5) is 5.13 Å². The van der Waals surface area contributed by atoms with Crippen LogP contribution in [0.2, 0.25) is 0 Å². The molecule has 5 heteroatoms. The van der Waals surface area contributed by atoms with Crippen LogP contribution in [0.5, 0.6) is 0 Å². The highest BCUT2D eigenvalue weighted by Crippen LogP contribution is 2.26. The van der Waals surface area contributed by atoms with Crippen molar-refractivity contribution in [2.75, 3.05) is 18.5 Å². The molecule has 0 fully saturated rings. The summed E-state index contributed by atoms with van der Waals surface area (Å²) < 4.78 is 0. The second-order valence-corrected chi connectivity index (χ2v) is 5.03. The van der Waals surface area contributed by atoms with Gasteiger partial charge in [0.05, 0.1) is 6.61 Å². The number of hydrogen-bond acceptors (Lipinski definition) is 5. The van der Waals surface area contributed by atoms with Gasteiger partial charge in [0, 0.05) is 12.0 Å². The fourth-order valence-corrected chi connectivity index (χ4v) is 2.00. The Morgan fingerprint density at radius 2 is 2.00 bits per heavy atom. The summed E-state index contributed by atoms with van der Waals surface area (Å²) in [5, 5.41) is 22.4. The molecule has 15 heavy (non-hydrogen) atoms. The van der Waals surface area contributed by atoms with Gasteiger partial charge in [0.15, 0.2) is 0 Å². The number of rotatable bonds is 6. The molecule has 1 aromatic rings. The summed E-state index contributed by atoms with van der Waals surface area (Å²) in [5.74, 6) is 0. The molecular weight excluding hydrogens is 210 g/mol. The Morgan fingerprint density at radius 3 is 2.40 bits per heavy atom. The molecule has 0 amide bonds. The lowest BCUT2D eigenvalue weighted by atomic mass is 9.83. The van der Waals surface area contributed by atoms with Gasteiger partial charge < -0.3 is 10.4 Å². The second-order valence-electron chi connectivity index (χ2n) is 3.85. The lowest BCUT2D eigenvalue weighted by Crippen LogP contribution is -2.32. The molecule has 0 saturated heterocycles. The van der Waals surface area contributed by atoms with Crippen LogP contribution < -0.4 is 5.32 Å². The van der Waals surface area contributed by atoms with E-state index in [1.165, 1.54) is 0 Å². The van der Waals surface area contributed by atoms with Gasteiger partial charge in [-0.3, -0.25) is 0 Å². The summed E-state index contributed by atoms with van der Waals surface area (Å²) in [6.45, 7) is 7.11. The molecule has 86 valence electrons. The number of nitrogens with zero attached hydrogens (tertiary/aromatic N) is 2. The lowest BCUT2D eigenvalue weighted by molar-refractivity contribution is 0.127. The van der Waals surface area contributed by atoms with Crippen LogP contribution in [0.25, 0.3) is 0 Å². The fourth-order valence-electron chi connectivity index (χ4n) is 1.41. The first kappa shape index (κ1) is 12.4. The van der Waals surface area contributed by atoms with Crippen LogP contribution >= 0.6 is 11.3 Å². The summed E-state index contributed by atoms with van der Waals surface area (Å²) in [4.78, 5) is 0. The van der Waals surface area contributed by atoms with E-state index in [9.17, 15) is 5.11 Å². The second kappa shape index (κ2) is 5.42. The number of nitrogens with one attached hydrogen (secondary N) is 1. The van der Waals surface area contributed by atoms with E-state index in [4.69, 9.17) is 0 Å². The average molecular weight is 229 g/mol. The van der Waals surface area contributed by atoms with Crippen LogP contribution in [0.3, 0.4) is 0 Å². The van der Waals surface area contributed by atoms with E-state index >= 15 is 0 Å². The molecule has 0 bridgehead atoms. The molecular formula is C10H19N3OS. The maximum atomic E-state index is 9.39. The highest BCUT2D eigenvalue weighted by molar-refractivity contribution is 7.15. The van der Waals surface area contributed by atoms with Crippen molar-refractivity contribution >= 4 is 16.5 Å². The molecule has 4 nitrogen and oxygen atoms in total. The predicted octanol–water partition coefficient (Wildman–Crippen LogP) is 2.06. The molecule has 1 aromatic heterocycles. The van der Waals surface area contributed by atoms with Crippen molar-refractivity contribution in [3.05, 3.63) is 5.01 Å². The van der Waals surface area contributed by atoms with E-state index in [-0.39, 0.29) is 12.0 Å². The summed E-state index contributed by atoms with van der Waals surface area (Å²) in [6.07, 6.45) is 1.93. The minimum Gasteiger partial charge on any atom is -0.396 e. The lowest BCUT2D eigenvalue weighted by Gasteiger charge is -2.29. The Morgan fingerprint density at radius 1 is 1.33 bits per heavy atom. The van der Waals surface area contributed by atoms with Gasteiger partial charge in [-0.25, -0.2) is 0 Å². The molecule has 1 heterocycles. The minimum absolute atomic E-state index is 0.0282. The van der Waals surface area contributed by atoms with Crippen molar-refractivity contribution in [3.63, 3.8) is 0 Å². The number of aliphatic hydroxyl groups excluding tert-OH is 1. The van der Waals surface area contributed by atoms with E-state index in [0.717, 1.165) is 29.5 Å². The zero-order chi connectivity index (χ0) is 11.3. The first-order valence-electron chi connectivity index (χ1n) is 5.30. The van der Waals surface area contributed by atoms with Gasteiger partial charge in [-0.2, -0.15) is 0 Å². The Kier molecular flexibility index (Phi) is 4.47. The molecule has 0 radical (unpaired) electrons. The van der Waals surface area contributed by atoms with Gasteiger partial charge in [-0.1, -0.05) is 25.2 Å². The zero-order valence-electron chi connectivity index (χ0n) is 9.58. The smallest absolute Gasteiger partial charge is 0.205 e. The molecule has 0 saturated carbocycles. The van der Waals surface area contributed by atoms with Gasteiger partial charge in [0.1, 0.15) is 5.01 Å². The van der Waals surface area contributed by atoms with E-state index in [1.807, 2.05) is 6.92 Å². The van der Waals surface area contributed by atoms with Crippen molar-refractivity contribution in [1.29, 1.82) is 0 Å². The highest BCUT2D eigenvalue weighted by Gasteiger charge is 2.25. The Labute approximate surface area is 94.7 Å². The summed E-state index contributed by atoms with van der Waals surface area (Å²) in [6, 6.07) is 0. The Hall–Kier alpha value is -0.680. The molecule has 1 rings (SSSR count). The summed E-state index contributed by atoms with van der Waals surface area (Å²) in [7, 11) is 0. The predicted molar refractivity (Wildman–Crippen MR) is 63.2 cm³/mol. The van der Waals surface area contributed by atoms with E-state index in [1.54, 1.807) is 11.3 Å². The van der Waals surface area contributed by atoms with Crippen molar-refractivity contribution < 1.29 is 5.11 Å². The molecule has 2 N–H and O–H groups in total. The summed E-state index contributed by atoms with van der Waals surface area (Å²) in [5.41, 5.74) is -0.0282. The zero-order valence-corrected chi connectivity index (χ0v) is 10.4. The normalized spacial score (nSPS) is 11.7. The van der Waals surface area contributed by atoms with Crippen LogP contribution in [-0.2, 0) is 0 Å². The van der Waals surface area contributed by atoms with Crippen molar-refractivity contribution in [3.8, 4) is 0 Å². The van der Waals surface area contributed by atoms with Crippen molar-refractivity contribution in [1.82, 2.24) is 10.2 Å². The topological polar surface area (TPSA) is 58.0 Å². The molecule has 0 aromatic carbocycles. The Bertz CT molecular complexity index is 288. The van der Waals surface area contributed by atoms with Gasteiger partial charge in [-0.05, 0) is 19.8 Å². The van der Waals surface area contributed by atoms with Gasteiger partial charge in [0.2, 0.25) is 5.13 Å². The Balaban J connectivity index is 2.54. The van der Waals surface area contributed by atoms with Gasteiger partial charge in [-0.15, -0.1) is 10.2 Å². The third-order valence-corrected chi connectivity index (χ3v) is 3.77. The molecule has 0 aliphatic rings. The SMILES string of the molecule is CCC(CC)(CO)CNc1nnc(C)s1. The molecule has 0 unspecified atom stereocenters. The highest BCUT2D eigenvalue weighted by atomic mass is 32.1. The summed E-state index contributed by atoms with van der Waals surface area (Å²) >= 11 is 1.54. The molecule has 0 spiro atoms. The standard InChI is InChI=1S/C10H19N3OS/c1-4-10(5-2,7-14)6-11-9-13-12-8(3)15-9/h14H,4-7H2,1-3H3,(H,11,13). The van der Waals surface area contributed by atoms with Crippen LogP contribution in [0, 0.1) is 12.3 Å². The largest absolute Gasteiger partial charge is 0.396 e. The van der Waals surface area contributed by atoms with Crippen LogP contribution in [0.1, 0.15) is 31.7 Å². The number of anilines is 1. The number of aromatic nitrogens is 2. The van der Waals surface area contributed by atoms with E-state index < -0.39 is 0 Å². The third-order valence-electron chi connectivity index (χ3n) is 2.98. The first-order chi connectivity index (χ1) is 7.15. The van der Waals surface area contributed by atoms with Crippen molar-refractivity contribution in [2.24, 2.45) is 5.41 Å². The number of aryl methyl sites for hydroxylation is 1. The molecule has 0 atom stereocenters. The average Bonchev–Trinajstić information content (AvgIpc) is 2.67.